The first-order chi connectivity index (χ1) is 5.11. The first-order valence-electron chi connectivity index (χ1n) is 2.57. The maximum atomic E-state index is 10.2. The van der Waals surface area contributed by atoms with Crippen LogP contribution in [-0.4, -0.2) is 9.91 Å². The molecule has 0 spiro atoms. The highest BCUT2D eigenvalue weighted by Crippen LogP contribution is 2.18. The molecule has 0 unspecified atom stereocenters. The van der Waals surface area contributed by atoms with Gasteiger partial charge in [0.15, 0.2) is 0 Å². The summed E-state index contributed by atoms with van der Waals surface area (Å²) in [5, 5.41) is 10.6. The predicted octanol–water partition coefficient (Wildman–Crippen LogP) is 2.25. The summed E-state index contributed by atoms with van der Waals surface area (Å²) < 4.78 is 0.443. The van der Waals surface area contributed by atoms with Crippen molar-refractivity contribution in [1.82, 2.24) is 4.98 Å². The maximum Gasteiger partial charge on any atom is 0.364 e. The molecule has 4 nitrogen and oxygen atoms in total. The van der Waals surface area contributed by atoms with Crippen molar-refractivity contribution >= 4 is 40.0 Å². The summed E-state index contributed by atoms with van der Waals surface area (Å²) in [6, 6.07) is 2.72. The van der Waals surface area contributed by atoms with Gasteiger partial charge in [-0.1, -0.05) is 11.6 Å². The molecule has 0 aliphatic rings. The van der Waals surface area contributed by atoms with Gasteiger partial charge in [-0.2, -0.15) is 0 Å². The maximum absolute atomic E-state index is 10.2. The van der Waals surface area contributed by atoms with Gasteiger partial charge in [0, 0.05) is 28.7 Å². The van der Waals surface area contributed by atoms with Gasteiger partial charge in [-0.25, -0.2) is 0 Å². The van der Waals surface area contributed by atoms with E-state index in [0.717, 1.165) is 0 Å². The Morgan fingerprint density at radius 1 is 1.64 bits per heavy atom. The molecule has 0 amide bonds. The second-order valence-corrected chi connectivity index (χ2v) is 3.13. The predicted molar refractivity (Wildman–Crippen MR) is 48.6 cm³/mol. The van der Waals surface area contributed by atoms with E-state index in [2.05, 4.69) is 4.98 Å². The van der Waals surface area contributed by atoms with Crippen molar-refractivity contribution in [2.24, 2.45) is 0 Å². The fourth-order valence-electron chi connectivity index (χ4n) is 0.509. The highest BCUT2D eigenvalue weighted by molar-refractivity contribution is 14.1. The van der Waals surface area contributed by atoms with Gasteiger partial charge in [0.1, 0.15) is 0 Å². The van der Waals surface area contributed by atoms with E-state index in [-0.39, 0.29) is 5.82 Å². The SMILES string of the molecule is O=[N+]([O-])c1ccc(Cl)c(I)n1. The van der Waals surface area contributed by atoms with Crippen LogP contribution in [0.2, 0.25) is 5.02 Å². The largest absolute Gasteiger partial charge is 0.364 e. The Balaban J connectivity index is 3.15. The normalized spacial score (nSPS) is 9.64. The first kappa shape index (κ1) is 8.66. The number of nitro groups is 1. The molecule has 1 rings (SSSR count). The van der Waals surface area contributed by atoms with Crippen molar-refractivity contribution in [2.75, 3.05) is 0 Å². The molecular weight excluding hydrogens is 282 g/mol. The molecule has 0 saturated heterocycles. The lowest BCUT2D eigenvalue weighted by atomic mass is 10.5. The molecule has 58 valence electrons. The van der Waals surface area contributed by atoms with E-state index < -0.39 is 4.92 Å². The molecule has 0 bridgehead atoms. The van der Waals surface area contributed by atoms with E-state index in [9.17, 15) is 10.1 Å². The summed E-state index contributed by atoms with van der Waals surface area (Å²) in [5.41, 5.74) is 0. The van der Waals surface area contributed by atoms with Gasteiger partial charge in [-0.05, 0) is 16.0 Å². The lowest BCUT2D eigenvalue weighted by molar-refractivity contribution is -0.389. The van der Waals surface area contributed by atoms with E-state index in [4.69, 9.17) is 11.6 Å². The average molecular weight is 284 g/mol. The van der Waals surface area contributed by atoms with E-state index in [1.54, 1.807) is 0 Å². The number of hydrogen-bond acceptors (Lipinski definition) is 3. The molecule has 0 saturated carbocycles. The standard InChI is InChI=1S/C5H2ClIN2O2/c6-3-1-2-4(9(10)11)8-5(3)7/h1-2H. The van der Waals surface area contributed by atoms with Crippen LogP contribution in [0.1, 0.15) is 0 Å². The van der Waals surface area contributed by atoms with Gasteiger partial charge in [0.25, 0.3) is 0 Å². The number of aromatic nitrogens is 1. The van der Waals surface area contributed by atoms with E-state index in [0.29, 0.717) is 8.72 Å². The van der Waals surface area contributed by atoms with Crippen molar-refractivity contribution < 1.29 is 4.92 Å². The Morgan fingerprint density at radius 3 is 2.73 bits per heavy atom. The molecule has 1 heterocycles. The monoisotopic (exact) mass is 284 g/mol. The van der Waals surface area contributed by atoms with Crippen molar-refractivity contribution in [3.63, 3.8) is 0 Å². The Kier molecular flexibility index (Phi) is 2.61. The zero-order valence-electron chi connectivity index (χ0n) is 5.12. The lowest BCUT2D eigenvalue weighted by Gasteiger charge is -1.91. The molecule has 0 aliphatic heterocycles. The van der Waals surface area contributed by atoms with Gasteiger partial charge < -0.3 is 10.1 Å². The number of nitrogens with zero attached hydrogens (tertiary/aromatic N) is 2. The van der Waals surface area contributed by atoms with Crippen LogP contribution in [-0.2, 0) is 0 Å². The Hall–Kier alpha value is -0.430. The van der Waals surface area contributed by atoms with E-state index in [1.165, 1.54) is 12.1 Å². The van der Waals surface area contributed by atoms with Crippen molar-refractivity contribution in [3.8, 4) is 0 Å². The number of halogens is 2. The van der Waals surface area contributed by atoms with Crippen molar-refractivity contribution in [2.45, 2.75) is 0 Å². The fourth-order valence-corrected chi connectivity index (χ4v) is 1.04. The summed E-state index contributed by atoms with van der Waals surface area (Å²) in [6.07, 6.45) is 0. The molecule has 0 atom stereocenters. The quantitative estimate of drug-likeness (QED) is 0.344. The molecular formula is C5H2ClIN2O2. The summed E-state index contributed by atoms with van der Waals surface area (Å²) in [7, 11) is 0. The van der Waals surface area contributed by atoms with Gasteiger partial charge in [0.05, 0.1) is 5.02 Å². The van der Waals surface area contributed by atoms with Crippen LogP contribution in [0.3, 0.4) is 0 Å². The van der Waals surface area contributed by atoms with E-state index in [1.807, 2.05) is 22.6 Å². The lowest BCUT2D eigenvalue weighted by Crippen LogP contribution is -1.93. The summed E-state index contributed by atoms with van der Waals surface area (Å²) in [6.45, 7) is 0. The average Bonchev–Trinajstić information content (AvgIpc) is 1.94. The molecule has 6 heteroatoms. The smallest absolute Gasteiger partial charge is 0.358 e. The first-order valence-corrected chi connectivity index (χ1v) is 4.03. The van der Waals surface area contributed by atoms with Crippen LogP contribution in [0.15, 0.2) is 12.1 Å². The summed E-state index contributed by atoms with van der Waals surface area (Å²) in [5.74, 6) is -0.182. The molecule has 1 aromatic heterocycles. The second kappa shape index (κ2) is 3.31. The van der Waals surface area contributed by atoms with Gasteiger partial charge >= 0.3 is 5.82 Å². The molecule has 0 aromatic carbocycles. The van der Waals surface area contributed by atoms with Crippen molar-refractivity contribution in [3.05, 3.63) is 31.0 Å². The van der Waals surface area contributed by atoms with Gasteiger partial charge in [-0.15, -0.1) is 0 Å². The molecule has 0 fully saturated rings. The highest BCUT2D eigenvalue weighted by Gasteiger charge is 2.10. The Labute approximate surface area is 80.9 Å². The number of hydrogen-bond donors (Lipinski definition) is 0. The highest BCUT2D eigenvalue weighted by atomic mass is 127. The third-order valence-electron chi connectivity index (χ3n) is 0.976. The van der Waals surface area contributed by atoms with Gasteiger partial charge in [0.2, 0.25) is 3.70 Å². The van der Waals surface area contributed by atoms with Crippen LogP contribution in [0.4, 0.5) is 5.82 Å². The fraction of sp³-hybridized carbons (Fsp3) is 0. The minimum Gasteiger partial charge on any atom is -0.358 e. The molecule has 0 radical (unpaired) electrons. The third kappa shape index (κ3) is 2.00. The van der Waals surface area contributed by atoms with Crippen LogP contribution in [0.25, 0.3) is 0 Å². The zero-order valence-corrected chi connectivity index (χ0v) is 8.03. The van der Waals surface area contributed by atoms with Crippen LogP contribution in [0, 0.1) is 13.8 Å². The molecule has 11 heavy (non-hydrogen) atoms. The zero-order chi connectivity index (χ0) is 8.43. The summed E-state index contributed by atoms with van der Waals surface area (Å²) in [4.78, 5) is 13.2. The van der Waals surface area contributed by atoms with Gasteiger partial charge in [-0.3, -0.25) is 0 Å². The molecule has 0 aliphatic carbocycles. The molecule has 0 N–H and O–H groups in total. The Bertz CT molecular complexity index is 305. The van der Waals surface area contributed by atoms with E-state index >= 15 is 0 Å². The Morgan fingerprint density at radius 2 is 2.27 bits per heavy atom. The minimum absolute atomic E-state index is 0.182. The van der Waals surface area contributed by atoms with Crippen molar-refractivity contribution in [1.29, 1.82) is 0 Å². The second-order valence-electron chi connectivity index (χ2n) is 1.70. The third-order valence-corrected chi connectivity index (χ3v) is 2.42. The van der Waals surface area contributed by atoms with Crippen LogP contribution >= 0.6 is 34.2 Å². The van der Waals surface area contributed by atoms with Crippen LogP contribution < -0.4 is 0 Å². The van der Waals surface area contributed by atoms with Crippen LogP contribution in [0.5, 0.6) is 0 Å². The summed E-state index contributed by atoms with van der Waals surface area (Å²) >= 11 is 7.43. The number of rotatable bonds is 1. The molecule has 1 aromatic rings. The minimum atomic E-state index is -0.557. The number of pyridine rings is 1. The topological polar surface area (TPSA) is 56.0 Å².